The average Bonchev–Trinajstić information content (AvgIpc) is 2.37. The molecule has 0 amide bonds. The van der Waals surface area contributed by atoms with Crippen LogP contribution in [-0.2, 0) is 6.42 Å². The molecule has 4 nitrogen and oxygen atoms in total. The average molecular weight is 311 g/mol. The van der Waals surface area contributed by atoms with Gasteiger partial charge in [0.15, 0.2) is 0 Å². The second-order valence-corrected chi connectivity index (χ2v) is 5.09. The van der Waals surface area contributed by atoms with Crippen LogP contribution in [0.2, 0.25) is 10.0 Å². The van der Waals surface area contributed by atoms with E-state index in [1.54, 1.807) is 18.2 Å². The maximum absolute atomic E-state index is 5.99. The van der Waals surface area contributed by atoms with Gasteiger partial charge in [-0.3, -0.25) is 0 Å². The maximum Gasteiger partial charge on any atom is 0.136 e. The van der Waals surface area contributed by atoms with Gasteiger partial charge in [0.25, 0.3) is 0 Å². The number of benzene rings is 1. The summed E-state index contributed by atoms with van der Waals surface area (Å²) in [6.07, 6.45) is 0.768. The lowest BCUT2D eigenvalue weighted by Gasteiger charge is -2.10. The number of nitrogens with one attached hydrogen (secondary N) is 2. The van der Waals surface area contributed by atoms with Crippen molar-refractivity contribution in [1.29, 1.82) is 0 Å². The van der Waals surface area contributed by atoms with Crippen molar-refractivity contribution < 1.29 is 0 Å². The normalized spacial score (nSPS) is 10.4. The van der Waals surface area contributed by atoms with Crippen LogP contribution in [0, 0.1) is 0 Å². The predicted octanol–water partition coefficient (Wildman–Crippen LogP) is 4.52. The predicted molar refractivity (Wildman–Crippen MR) is 85.3 cm³/mol. The molecule has 1 aromatic heterocycles. The first-order valence-corrected chi connectivity index (χ1v) is 7.21. The van der Waals surface area contributed by atoms with E-state index in [1.165, 1.54) is 0 Å². The Morgan fingerprint density at radius 3 is 2.20 bits per heavy atom. The van der Waals surface area contributed by atoms with Crippen molar-refractivity contribution in [3.63, 3.8) is 0 Å². The Kier molecular flexibility index (Phi) is 5.04. The van der Waals surface area contributed by atoms with E-state index in [0.717, 1.165) is 30.3 Å². The molecular formula is C14H16Cl2N4. The van der Waals surface area contributed by atoms with E-state index in [0.29, 0.717) is 15.9 Å². The Balaban J connectivity index is 2.29. The monoisotopic (exact) mass is 310 g/mol. The minimum Gasteiger partial charge on any atom is -0.370 e. The summed E-state index contributed by atoms with van der Waals surface area (Å²) >= 11 is 12.0. The van der Waals surface area contributed by atoms with Crippen LogP contribution in [0.3, 0.4) is 0 Å². The molecule has 2 aromatic rings. The molecule has 0 atom stereocenters. The third kappa shape index (κ3) is 3.99. The number of rotatable bonds is 5. The molecule has 2 rings (SSSR count). The van der Waals surface area contributed by atoms with Crippen LogP contribution < -0.4 is 10.6 Å². The molecule has 0 saturated carbocycles. The second kappa shape index (κ2) is 6.77. The summed E-state index contributed by atoms with van der Waals surface area (Å²) < 4.78 is 0. The zero-order valence-corrected chi connectivity index (χ0v) is 12.9. The molecule has 0 spiro atoms. The third-order valence-corrected chi connectivity index (χ3v) is 3.02. The summed E-state index contributed by atoms with van der Waals surface area (Å²) in [5.74, 6) is 2.29. The van der Waals surface area contributed by atoms with E-state index in [2.05, 4.69) is 20.6 Å². The summed E-state index contributed by atoms with van der Waals surface area (Å²) in [7, 11) is 0. The lowest BCUT2D eigenvalue weighted by molar-refractivity contribution is 0.939. The molecular weight excluding hydrogens is 295 g/mol. The zero-order chi connectivity index (χ0) is 14.5. The Bertz CT molecular complexity index is 581. The van der Waals surface area contributed by atoms with Gasteiger partial charge in [-0.25, -0.2) is 9.97 Å². The second-order valence-electron chi connectivity index (χ2n) is 4.22. The molecule has 2 N–H and O–H groups in total. The number of nitrogens with zero attached hydrogens (tertiary/aromatic N) is 2. The Morgan fingerprint density at radius 2 is 1.60 bits per heavy atom. The van der Waals surface area contributed by atoms with E-state index in [1.807, 2.05) is 19.9 Å². The summed E-state index contributed by atoms with van der Waals surface area (Å²) in [6, 6.07) is 7.15. The fourth-order valence-corrected chi connectivity index (χ4v) is 2.29. The maximum atomic E-state index is 5.99. The van der Waals surface area contributed by atoms with E-state index in [-0.39, 0.29) is 0 Å². The van der Waals surface area contributed by atoms with Gasteiger partial charge in [0, 0.05) is 34.8 Å². The first kappa shape index (κ1) is 14.9. The first-order chi connectivity index (χ1) is 9.60. The fraction of sp³-hybridized carbons (Fsp3) is 0.286. The Morgan fingerprint density at radius 1 is 0.950 bits per heavy atom. The lowest BCUT2D eigenvalue weighted by atomic mass is 10.3. The van der Waals surface area contributed by atoms with Crippen molar-refractivity contribution in [2.24, 2.45) is 0 Å². The first-order valence-electron chi connectivity index (χ1n) is 6.45. The van der Waals surface area contributed by atoms with Crippen LogP contribution in [0.1, 0.15) is 19.7 Å². The molecule has 1 aromatic carbocycles. The van der Waals surface area contributed by atoms with Crippen LogP contribution in [0.25, 0.3) is 0 Å². The van der Waals surface area contributed by atoms with Crippen molar-refractivity contribution in [3.05, 3.63) is 40.1 Å². The van der Waals surface area contributed by atoms with Gasteiger partial charge < -0.3 is 10.6 Å². The molecule has 6 heteroatoms. The van der Waals surface area contributed by atoms with Crippen molar-refractivity contribution in [2.45, 2.75) is 20.3 Å². The van der Waals surface area contributed by atoms with Crippen molar-refractivity contribution >= 4 is 40.5 Å². The fourth-order valence-electron chi connectivity index (χ4n) is 1.76. The van der Waals surface area contributed by atoms with Gasteiger partial charge in [0.1, 0.15) is 17.5 Å². The molecule has 0 aliphatic heterocycles. The molecule has 1 heterocycles. The van der Waals surface area contributed by atoms with Gasteiger partial charge in [0.2, 0.25) is 0 Å². The van der Waals surface area contributed by atoms with E-state index in [9.17, 15) is 0 Å². The molecule has 0 fully saturated rings. The number of halogens is 2. The molecule has 0 radical (unpaired) electrons. The number of aryl methyl sites for hydroxylation is 1. The molecule has 0 aliphatic rings. The third-order valence-electron chi connectivity index (χ3n) is 2.58. The van der Waals surface area contributed by atoms with Crippen molar-refractivity contribution in [2.75, 3.05) is 17.2 Å². The van der Waals surface area contributed by atoms with Gasteiger partial charge in [-0.1, -0.05) is 30.1 Å². The molecule has 20 heavy (non-hydrogen) atoms. The molecule has 0 aliphatic carbocycles. The highest BCUT2D eigenvalue weighted by Crippen LogP contribution is 2.25. The van der Waals surface area contributed by atoms with Crippen LogP contribution in [0.5, 0.6) is 0 Å². The molecule has 0 unspecified atom stereocenters. The van der Waals surface area contributed by atoms with Gasteiger partial charge in [-0.2, -0.15) is 0 Å². The molecule has 106 valence electrons. The number of hydrogen-bond donors (Lipinski definition) is 2. The van der Waals surface area contributed by atoms with Gasteiger partial charge in [-0.15, -0.1) is 0 Å². The van der Waals surface area contributed by atoms with E-state index < -0.39 is 0 Å². The standard InChI is InChI=1S/C14H16Cl2N4/c1-3-12-19-13(17-4-2)8-14(20-12)18-11-6-9(15)5-10(16)7-11/h5-8H,3-4H2,1-2H3,(H2,17,18,19,20). The SMILES string of the molecule is CCNc1cc(Nc2cc(Cl)cc(Cl)c2)nc(CC)n1. The highest BCUT2D eigenvalue weighted by molar-refractivity contribution is 6.35. The summed E-state index contributed by atoms with van der Waals surface area (Å²) in [4.78, 5) is 8.84. The van der Waals surface area contributed by atoms with Gasteiger partial charge in [-0.05, 0) is 25.1 Å². The highest BCUT2D eigenvalue weighted by Gasteiger charge is 2.05. The van der Waals surface area contributed by atoms with Crippen molar-refractivity contribution in [3.8, 4) is 0 Å². The topological polar surface area (TPSA) is 49.8 Å². The van der Waals surface area contributed by atoms with Gasteiger partial charge in [0.05, 0.1) is 0 Å². The Hall–Kier alpha value is -1.52. The molecule has 0 bridgehead atoms. The molecule has 0 saturated heterocycles. The van der Waals surface area contributed by atoms with Crippen molar-refractivity contribution in [1.82, 2.24) is 9.97 Å². The zero-order valence-electron chi connectivity index (χ0n) is 11.4. The smallest absolute Gasteiger partial charge is 0.136 e. The lowest BCUT2D eigenvalue weighted by Crippen LogP contribution is -2.05. The summed E-state index contributed by atoms with van der Waals surface area (Å²) in [6.45, 7) is 4.85. The Labute approximate surface area is 128 Å². The van der Waals surface area contributed by atoms with E-state index in [4.69, 9.17) is 23.2 Å². The van der Waals surface area contributed by atoms with E-state index >= 15 is 0 Å². The largest absolute Gasteiger partial charge is 0.370 e. The van der Waals surface area contributed by atoms with Crippen LogP contribution in [-0.4, -0.2) is 16.5 Å². The van der Waals surface area contributed by atoms with Gasteiger partial charge >= 0.3 is 0 Å². The number of anilines is 3. The van der Waals surface area contributed by atoms with Crippen LogP contribution in [0.15, 0.2) is 24.3 Å². The number of hydrogen-bond acceptors (Lipinski definition) is 4. The summed E-state index contributed by atoms with van der Waals surface area (Å²) in [5, 5.41) is 7.55. The quantitative estimate of drug-likeness (QED) is 0.852. The highest BCUT2D eigenvalue weighted by atomic mass is 35.5. The minimum absolute atomic E-state index is 0.580. The minimum atomic E-state index is 0.580. The van der Waals surface area contributed by atoms with Crippen LogP contribution >= 0.6 is 23.2 Å². The summed E-state index contributed by atoms with van der Waals surface area (Å²) in [5.41, 5.74) is 0.797. The van der Waals surface area contributed by atoms with Crippen LogP contribution in [0.4, 0.5) is 17.3 Å². The number of aromatic nitrogens is 2.